The van der Waals surface area contributed by atoms with Crippen molar-refractivity contribution in [3.05, 3.63) is 0 Å². The predicted molar refractivity (Wildman–Crippen MR) is 64.4 cm³/mol. The van der Waals surface area contributed by atoms with Gasteiger partial charge in [-0.3, -0.25) is 9.59 Å². The molecule has 2 aliphatic rings. The van der Waals surface area contributed by atoms with Gasteiger partial charge in [0.1, 0.15) is 0 Å². The van der Waals surface area contributed by atoms with Gasteiger partial charge in [-0.2, -0.15) is 0 Å². The lowest BCUT2D eigenvalue weighted by molar-refractivity contribution is -0.139. The van der Waals surface area contributed by atoms with Crippen LogP contribution in [-0.2, 0) is 9.59 Å². The fourth-order valence-electron chi connectivity index (χ4n) is 2.55. The van der Waals surface area contributed by atoms with Gasteiger partial charge in [-0.1, -0.05) is 12.8 Å². The second-order valence-corrected chi connectivity index (χ2v) is 4.96. The standard InChI is InChI=1S/C12H21N3O2/c16-11(14-8-10-6-3-7-13-10)12(17)15-9-4-1-2-5-9/h9-10,13H,1-8H2,(H,14,16)(H,15,17)/t10-/m1/s1. The second kappa shape index (κ2) is 6.00. The van der Waals surface area contributed by atoms with Crippen molar-refractivity contribution in [3.63, 3.8) is 0 Å². The summed E-state index contributed by atoms with van der Waals surface area (Å²) < 4.78 is 0. The SMILES string of the molecule is O=C(NC[C@H]1CCCN1)C(=O)NC1CCCC1. The van der Waals surface area contributed by atoms with Gasteiger partial charge < -0.3 is 16.0 Å². The molecule has 0 radical (unpaired) electrons. The van der Waals surface area contributed by atoms with E-state index < -0.39 is 11.8 Å². The Morgan fingerprint density at radius 1 is 1.06 bits per heavy atom. The van der Waals surface area contributed by atoms with E-state index in [4.69, 9.17) is 0 Å². The van der Waals surface area contributed by atoms with Crippen molar-refractivity contribution in [3.8, 4) is 0 Å². The van der Waals surface area contributed by atoms with Crippen LogP contribution in [0.5, 0.6) is 0 Å². The fraction of sp³-hybridized carbons (Fsp3) is 0.833. The molecule has 1 aliphatic heterocycles. The summed E-state index contributed by atoms with van der Waals surface area (Å²) in [6.45, 7) is 1.56. The van der Waals surface area contributed by atoms with Gasteiger partial charge in [-0.15, -0.1) is 0 Å². The van der Waals surface area contributed by atoms with E-state index in [2.05, 4.69) is 16.0 Å². The summed E-state index contributed by atoms with van der Waals surface area (Å²) in [7, 11) is 0. The minimum absolute atomic E-state index is 0.206. The molecule has 0 bridgehead atoms. The lowest BCUT2D eigenvalue weighted by Gasteiger charge is -2.13. The molecule has 1 saturated carbocycles. The van der Waals surface area contributed by atoms with E-state index in [-0.39, 0.29) is 6.04 Å². The summed E-state index contributed by atoms with van der Waals surface area (Å²) in [4.78, 5) is 23.1. The van der Waals surface area contributed by atoms with Crippen molar-refractivity contribution < 1.29 is 9.59 Å². The molecule has 2 amide bonds. The first kappa shape index (κ1) is 12.4. The first-order valence-corrected chi connectivity index (χ1v) is 6.58. The Balaban J connectivity index is 1.65. The third-order valence-electron chi connectivity index (χ3n) is 3.57. The van der Waals surface area contributed by atoms with Crippen LogP contribution in [0.2, 0.25) is 0 Å². The Labute approximate surface area is 102 Å². The van der Waals surface area contributed by atoms with E-state index in [1.54, 1.807) is 0 Å². The molecule has 96 valence electrons. The quantitative estimate of drug-likeness (QED) is 0.603. The number of rotatable bonds is 3. The van der Waals surface area contributed by atoms with E-state index in [9.17, 15) is 9.59 Å². The normalized spacial score (nSPS) is 24.8. The molecule has 2 rings (SSSR count). The van der Waals surface area contributed by atoms with Gasteiger partial charge in [-0.05, 0) is 32.2 Å². The van der Waals surface area contributed by atoms with Crippen LogP contribution in [-0.4, -0.2) is 37.0 Å². The zero-order chi connectivity index (χ0) is 12.1. The number of hydrogen-bond donors (Lipinski definition) is 3. The number of carbonyl (C=O) groups excluding carboxylic acids is 2. The maximum atomic E-state index is 11.6. The zero-order valence-corrected chi connectivity index (χ0v) is 10.1. The van der Waals surface area contributed by atoms with E-state index in [0.29, 0.717) is 12.6 Å². The molecule has 0 aromatic heterocycles. The second-order valence-electron chi connectivity index (χ2n) is 4.96. The van der Waals surface area contributed by atoms with Gasteiger partial charge in [-0.25, -0.2) is 0 Å². The van der Waals surface area contributed by atoms with Crippen LogP contribution in [0.1, 0.15) is 38.5 Å². The molecule has 17 heavy (non-hydrogen) atoms. The molecule has 1 aliphatic carbocycles. The summed E-state index contributed by atoms with van der Waals surface area (Å²) in [5, 5.41) is 8.75. The summed E-state index contributed by atoms with van der Waals surface area (Å²) in [6, 6.07) is 0.538. The molecule has 2 fully saturated rings. The van der Waals surface area contributed by atoms with E-state index >= 15 is 0 Å². The fourth-order valence-corrected chi connectivity index (χ4v) is 2.55. The van der Waals surface area contributed by atoms with Gasteiger partial charge in [0.25, 0.3) is 0 Å². The largest absolute Gasteiger partial charge is 0.346 e. The summed E-state index contributed by atoms with van der Waals surface area (Å²) in [5.74, 6) is -0.972. The van der Waals surface area contributed by atoms with Crippen molar-refractivity contribution in [2.24, 2.45) is 0 Å². The van der Waals surface area contributed by atoms with Crippen molar-refractivity contribution in [1.29, 1.82) is 0 Å². The average Bonchev–Trinajstić information content (AvgIpc) is 2.98. The Morgan fingerprint density at radius 3 is 2.47 bits per heavy atom. The van der Waals surface area contributed by atoms with Gasteiger partial charge in [0.15, 0.2) is 0 Å². The highest BCUT2D eigenvalue weighted by molar-refractivity contribution is 6.35. The van der Waals surface area contributed by atoms with Crippen LogP contribution in [0.4, 0.5) is 0 Å². The van der Waals surface area contributed by atoms with Crippen LogP contribution in [0.15, 0.2) is 0 Å². The van der Waals surface area contributed by atoms with Crippen LogP contribution < -0.4 is 16.0 Å². The van der Waals surface area contributed by atoms with Crippen molar-refractivity contribution >= 4 is 11.8 Å². The number of carbonyl (C=O) groups is 2. The summed E-state index contributed by atoms with van der Waals surface area (Å²) in [6.07, 6.45) is 6.53. The van der Waals surface area contributed by atoms with Crippen LogP contribution in [0, 0.1) is 0 Å². The molecule has 0 aromatic rings. The van der Waals surface area contributed by atoms with Gasteiger partial charge in [0.05, 0.1) is 0 Å². The maximum absolute atomic E-state index is 11.6. The van der Waals surface area contributed by atoms with E-state index in [1.165, 1.54) is 0 Å². The van der Waals surface area contributed by atoms with Crippen LogP contribution in [0.3, 0.4) is 0 Å². The van der Waals surface area contributed by atoms with E-state index in [1.807, 2.05) is 0 Å². The molecule has 0 aromatic carbocycles. The molecule has 1 atom stereocenters. The molecule has 0 spiro atoms. The lowest BCUT2D eigenvalue weighted by atomic mass is 10.2. The Bertz CT molecular complexity index is 281. The van der Waals surface area contributed by atoms with Gasteiger partial charge >= 0.3 is 11.8 Å². The topological polar surface area (TPSA) is 70.2 Å². The van der Waals surface area contributed by atoms with Crippen molar-refractivity contribution in [2.75, 3.05) is 13.1 Å². The zero-order valence-electron chi connectivity index (χ0n) is 10.1. The highest BCUT2D eigenvalue weighted by Crippen LogP contribution is 2.17. The smallest absolute Gasteiger partial charge is 0.309 e. The minimum atomic E-state index is -0.495. The Morgan fingerprint density at radius 2 is 1.82 bits per heavy atom. The summed E-state index contributed by atoms with van der Waals surface area (Å²) >= 11 is 0. The minimum Gasteiger partial charge on any atom is -0.346 e. The van der Waals surface area contributed by atoms with Crippen molar-refractivity contribution in [1.82, 2.24) is 16.0 Å². The van der Waals surface area contributed by atoms with Crippen LogP contribution >= 0.6 is 0 Å². The Kier molecular flexibility index (Phi) is 4.36. The highest BCUT2D eigenvalue weighted by Gasteiger charge is 2.22. The number of amides is 2. The molecular formula is C12H21N3O2. The number of nitrogens with one attached hydrogen (secondary N) is 3. The monoisotopic (exact) mass is 239 g/mol. The molecular weight excluding hydrogens is 218 g/mol. The van der Waals surface area contributed by atoms with Gasteiger partial charge in [0, 0.05) is 18.6 Å². The maximum Gasteiger partial charge on any atom is 0.309 e. The average molecular weight is 239 g/mol. The first-order chi connectivity index (χ1) is 8.25. The molecule has 0 unspecified atom stereocenters. The predicted octanol–water partition coefficient (Wildman–Crippen LogP) is -0.0866. The molecule has 1 saturated heterocycles. The van der Waals surface area contributed by atoms with Crippen molar-refractivity contribution in [2.45, 2.75) is 50.6 Å². The first-order valence-electron chi connectivity index (χ1n) is 6.58. The molecule has 3 N–H and O–H groups in total. The molecule has 5 heteroatoms. The Hall–Kier alpha value is -1.10. The molecule has 1 heterocycles. The third-order valence-corrected chi connectivity index (χ3v) is 3.57. The van der Waals surface area contributed by atoms with Crippen LogP contribution in [0.25, 0.3) is 0 Å². The molecule has 5 nitrogen and oxygen atoms in total. The lowest BCUT2D eigenvalue weighted by Crippen LogP contribution is -2.46. The highest BCUT2D eigenvalue weighted by atomic mass is 16.2. The van der Waals surface area contributed by atoms with E-state index in [0.717, 1.165) is 45.1 Å². The van der Waals surface area contributed by atoms with Gasteiger partial charge in [0.2, 0.25) is 0 Å². The third kappa shape index (κ3) is 3.70. The summed E-state index contributed by atoms with van der Waals surface area (Å²) in [5.41, 5.74) is 0. The number of hydrogen-bond acceptors (Lipinski definition) is 3.